The summed E-state index contributed by atoms with van der Waals surface area (Å²) >= 11 is 6.85. The second-order valence-electron chi connectivity index (χ2n) is 8.98. The fourth-order valence-electron chi connectivity index (χ4n) is 4.32. The molecule has 4 heterocycles. The number of aromatic nitrogens is 4. The summed E-state index contributed by atoms with van der Waals surface area (Å²) in [4.78, 5) is 11.2. The maximum atomic E-state index is 6.85. The van der Waals surface area contributed by atoms with E-state index in [0.717, 1.165) is 51.3 Å². The SMILES string of the molecule is Nc1cc(Nc2nc(NC3CC3)c3ncc(N)n3n2)c(Cl)c(N2CC[C@@H](NC3COC3)C2)c1. The van der Waals surface area contributed by atoms with Crippen molar-refractivity contribution in [3.8, 4) is 0 Å². The molecule has 3 fully saturated rings. The maximum Gasteiger partial charge on any atom is 0.247 e. The van der Waals surface area contributed by atoms with Crippen LogP contribution in [0.5, 0.6) is 0 Å². The third kappa shape index (κ3) is 4.07. The number of nitrogens with two attached hydrogens (primary N) is 2. The largest absolute Gasteiger partial charge is 0.399 e. The fourth-order valence-corrected chi connectivity index (χ4v) is 4.60. The van der Waals surface area contributed by atoms with Gasteiger partial charge in [0.05, 0.1) is 41.8 Å². The summed E-state index contributed by atoms with van der Waals surface area (Å²) < 4.78 is 6.85. The van der Waals surface area contributed by atoms with Crippen molar-refractivity contribution in [3.63, 3.8) is 0 Å². The van der Waals surface area contributed by atoms with Gasteiger partial charge in [0.2, 0.25) is 5.95 Å². The Morgan fingerprint density at radius 2 is 1.94 bits per heavy atom. The molecule has 174 valence electrons. The van der Waals surface area contributed by atoms with Gasteiger partial charge in [-0.05, 0) is 31.4 Å². The molecule has 3 aromatic rings. The van der Waals surface area contributed by atoms with Gasteiger partial charge in [0.25, 0.3) is 0 Å². The summed E-state index contributed by atoms with van der Waals surface area (Å²) in [5.74, 6) is 1.43. The van der Waals surface area contributed by atoms with Gasteiger partial charge in [-0.1, -0.05) is 11.6 Å². The predicted octanol–water partition coefficient (Wildman–Crippen LogP) is 1.83. The number of hydrogen-bond acceptors (Lipinski definition) is 10. The first-order chi connectivity index (χ1) is 16.0. The van der Waals surface area contributed by atoms with Crippen LogP contribution in [0.2, 0.25) is 5.02 Å². The molecule has 0 spiro atoms. The molecular weight excluding hydrogens is 444 g/mol. The normalized spacial score (nSPS) is 20.9. The van der Waals surface area contributed by atoms with Gasteiger partial charge < -0.3 is 37.1 Å². The Hall–Kier alpha value is -3.02. The molecule has 2 aliphatic heterocycles. The van der Waals surface area contributed by atoms with Crippen LogP contribution in [-0.4, -0.2) is 64.0 Å². The lowest BCUT2D eigenvalue weighted by atomic mass is 10.2. The van der Waals surface area contributed by atoms with E-state index in [2.05, 4.69) is 35.9 Å². The van der Waals surface area contributed by atoms with Crippen molar-refractivity contribution in [2.45, 2.75) is 37.4 Å². The van der Waals surface area contributed by atoms with Crippen LogP contribution in [0.1, 0.15) is 19.3 Å². The van der Waals surface area contributed by atoms with E-state index in [0.29, 0.717) is 57.8 Å². The lowest BCUT2D eigenvalue weighted by Gasteiger charge is -2.30. The van der Waals surface area contributed by atoms with Crippen LogP contribution < -0.4 is 32.3 Å². The summed E-state index contributed by atoms with van der Waals surface area (Å²) in [5.41, 5.74) is 15.1. The zero-order valence-electron chi connectivity index (χ0n) is 18.1. The van der Waals surface area contributed by atoms with Crippen LogP contribution in [-0.2, 0) is 4.74 Å². The second-order valence-corrected chi connectivity index (χ2v) is 9.36. The van der Waals surface area contributed by atoms with Crippen LogP contribution in [0.3, 0.4) is 0 Å². The molecule has 2 aromatic heterocycles. The predicted molar refractivity (Wildman–Crippen MR) is 129 cm³/mol. The first-order valence-electron chi connectivity index (χ1n) is 11.3. The van der Waals surface area contributed by atoms with E-state index >= 15 is 0 Å². The summed E-state index contributed by atoms with van der Waals surface area (Å²) in [7, 11) is 0. The lowest BCUT2D eigenvalue weighted by molar-refractivity contribution is -0.00895. The van der Waals surface area contributed by atoms with E-state index in [1.165, 1.54) is 0 Å². The Bertz CT molecular complexity index is 1190. The Kier molecular flexibility index (Phi) is 5.04. The molecule has 11 nitrogen and oxygen atoms in total. The first-order valence-corrected chi connectivity index (χ1v) is 11.6. The van der Waals surface area contributed by atoms with Crippen molar-refractivity contribution in [3.05, 3.63) is 23.4 Å². The Balaban J connectivity index is 1.27. The smallest absolute Gasteiger partial charge is 0.247 e. The average Bonchev–Trinajstić information content (AvgIpc) is 3.32. The third-order valence-electron chi connectivity index (χ3n) is 6.27. The van der Waals surface area contributed by atoms with Gasteiger partial charge in [0, 0.05) is 30.9 Å². The van der Waals surface area contributed by atoms with Gasteiger partial charge in [0.15, 0.2) is 11.5 Å². The number of nitrogens with one attached hydrogen (secondary N) is 3. The quantitative estimate of drug-likeness (QED) is 0.324. The molecule has 1 atom stereocenters. The number of halogens is 1. The highest BCUT2D eigenvalue weighted by atomic mass is 35.5. The van der Waals surface area contributed by atoms with Crippen LogP contribution in [0.4, 0.5) is 34.6 Å². The van der Waals surface area contributed by atoms with Gasteiger partial charge in [-0.15, -0.1) is 5.10 Å². The minimum atomic E-state index is 0.361. The van der Waals surface area contributed by atoms with E-state index in [1.807, 2.05) is 6.07 Å². The third-order valence-corrected chi connectivity index (χ3v) is 6.66. The van der Waals surface area contributed by atoms with E-state index in [-0.39, 0.29) is 0 Å². The minimum Gasteiger partial charge on any atom is -0.399 e. The van der Waals surface area contributed by atoms with Crippen molar-refractivity contribution in [1.82, 2.24) is 24.9 Å². The van der Waals surface area contributed by atoms with E-state index in [1.54, 1.807) is 16.8 Å². The highest BCUT2D eigenvalue weighted by Crippen LogP contribution is 2.38. The molecule has 1 aromatic carbocycles. The molecule has 12 heteroatoms. The average molecular weight is 471 g/mol. The number of nitrogens with zero attached hydrogens (tertiary/aromatic N) is 5. The number of nitrogen functional groups attached to an aromatic ring is 2. The van der Waals surface area contributed by atoms with Crippen LogP contribution >= 0.6 is 11.6 Å². The zero-order valence-corrected chi connectivity index (χ0v) is 18.8. The monoisotopic (exact) mass is 470 g/mol. The van der Waals surface area contributed by atoms with E-state index in [9.17, 15) is 0 Å². The van der Waals surface area contributed by atoms with Crippen LogP contribution in [0, 0.1) is 0 Å². The minimum absolute atomic E-state index is 0.361. The number of benzene rings is 1. The molecule has 33 heavy (non-hydrogen) atoms. The van der Waals surface area contributed by atoms with Crippen molar-refractivity contribution >= 4 is 51.9 Å². The fraction of sp³-hybridized carbons (Fsp3) is 0.476. The summed E-state index contributed by atoms with van der Waals surface area (Å²) in [6.07, 6.45) is 4.84. The van der Waals surface area contributed by atoms with Crippen molar-refractivity contribution in [2.75, 3.05) is 53.3 Å². The molecule has 0 unspecified atom stereocenters. The maximum absolute atomic E-state index is 6.85. The number of imidazole rings is 1. The Labute approximate surface area is 195 Å². The molecule has 7 N–H and O–H groups in total. The molecule has 3 aliphatic rings. The Morgan fingerprint density at radius 1 is 1.09 bits per heavy atom. The van der Waals surface area contributed by atoms with Crippen molar-refractivity contribution < 1.29 is 4.74 Å². The zero-order chi connectivity index (χ0) is 22.5. The van der Waals surface area contributed by atoms with Gasteiger partial charge in [-0.2, -0.15) is 9.50 Å². The number of hydrogen-bond donors (Lipinski definition) is 5. The number of fused-ring (bicyclic) bond motifs is 1. The molecule has 0 amide bonds. The molecule has 0 radical (unpaired) electrons. The topological polar surface area (TPSA) is 144 Å². The van der Waals surface area contributed by atoms with E-state index in [4.69, 9.17) is 27.8 Å². The van der Waals surface area contributed by atoms with Gasteiger partial charge in [0.1, 0.15) is 5.82 Å². The molecule has 1 aliphatic carbocycles. The summed E-state index contributed by atoms with van der Waals surface area (Å²) in [6.45, 7) is 3.33. The first kappa shape index (κ1) is 20.6. The lowest BCUT2D eigenvalue weighted by Crippen LogP contribution is -2.51. The molecule has 1 saturated carbocycles. The number of ether oxygens (including phenoxy) is 1. The Morgan fingerprint density at radius 3 is 2.70 bits per heavy atom. The van der Waals surface area contributed by atoms with E-state index < -0.39 is 0 Å². The molecule has 6 rings (SSSR count). The summed E-state index contributed by atoms with van der Waals surface area (Å²) in [6, 6.07) is 4.96. The molecular formula is C21H27ClN10O. The standard InChI is InChI=1S/C21H27ClN10O/c22-18-15(5-11(23)6-16(18)31-4-3-13(8-31)26-14-9-33-10-14)28-21-29-19(27-12-1-2-12)20-25-7-17(24)32(20)30-21/h5-7,12-14,26H,1-4,8-10,23-24H2,(H2,27,28,29,30)/t13-/m1/s1. The van der Waals surface area contributed by atoms with Crippen LogP contribution in [0.25, 0.3) is 5.65 Å². The summed E-state index contributed by atoms with van der Waals surface area (Å²) in [5, 5.41) is 15.4. The highest BCUT2D eigenvalue weighted by molar-refractivity contribution is 6.36. The molecule has 2 saturated heterocycles. The van der Waals surface area contributed by atoms with Gasteiger partial charge in [-0.25, -0.2) is 4.98 Å². The van der Waals surface area contributed by atoms with Gasteiger partial charge >= 0.3 is 0 Å². The van der Waals surface area contributed by atoms with Gasteiger partial charge in [-0.3, -0.25) is 0 Å². The van der Waals surface area contributed by atoms with Crippen molar-refractivity contribution in [1.29, 1.82) is 0 Å². The molecule has 0 bridgehead atoms. The highest BCUT2D eigenvalue weighted by Gasteiger charge is 2.29. The van der Waals surface area contributed by atoms with Crippen molar-refractivity contribution in [2.24, 2.45) is 0 Å². The number of rotatable bonds is 7. The second kappa shape index (κ2) is 8.08. The van der Waals surface area contributed by atoms with Crippen LogP contribution in [0.15, 0.2) is 18.3 Å². The number of anilines is 6.